The molecule has 1 unspecified atom stereocenters. The fourth-order valence-electron chi connectivity index (χ4n) is 9.16. The van der Waals surface area contributed by atoms with Crippen LogP contribution in [0.3, 0.4) is 0 Å². The van der Waals surface area contributed by atoms with Crippen LogP contribution in [0.4, 0.5) is 0 Å². The summed E-state index contributed by atoms with van der Waals surface area (Å²) in [6.07, 6.45) is 8.20. The van der Waals surface area contributed by atoms with Crippen LogP contribution in [-0.4, -0.2) is 22.8 Å². The Balaban J connectivity index is 1.68. The van der Waals surface area contributed by atoms with E-state index in [1.54, 1.807) is 0 Å². The van der Waals surface area contributed by atoms with Crippen LogP contribution in [0.25, 0.3) is 0 Å². The lowest BCUT2D eigenvalue weighted by Crippen LogP contribution is -2.57. The molecule has 0 amide bonds. The summed E-state index contributed by atoms with van der Waals surface area (Å²) in [6.45, 7) is 18.0. The molecule has 4 aliphatic carbocycles. The molecule has 0 aliphatic heterocycles. The van der Waals surface area contributed by atoms with E-state index < -0.39 is 0 Å². The lowest BCUT2D eigenvalue weighted by molar-refractivity contribution is -0.134. The smallest absolute Gasteiger partial charge is 0.159 e. The largest absolute Gasteiger partial charge is 0.393 e. The third-order valence-electron chi connectivity index (χ3n) is 11.8. The Morgan fingerprint density at radius 3 is 2.33 bits per heavy atom. The van der Waals surface area contributed by atoms with Gasteiger partial charge in [0.2, 0.25) is 0 Å². The number of rotatable bonds is 5. The molecule has 0 radical (unpaired) electrons. The highest BCUT2D eigenvalue weighted by atomic mass is 16.3. The molecule has 2 saturated carbocycles. The van der Waals surface area contributed by atoms with Crippen LogP contribution in [0.2, 0.25) is 0 Å². The van der Waals surface area contributed by atoms with Gasteiger partial charge in [-0.1, -0.05) is 61.0 Å². The molecule has 0 aromatic heterocycles. The molecule has 4 aliphatic rings. The SMILES string of the molecule is CC(C)C(=O)CC[C@@H](C)[C@H]1CC[C@@]2(C)C3=C(CC[C@]12C)[C@@]1(C)CC[C@H](O)C(C)(C)C1CC3=O. The average molecular weight is 457 g/mol. The zero-order valence-corrected chi connectivity index (χ0v) is 22.5. The Bertz CT molecular complexity index is 866. The van der Waals surface area contributed by atoms with Crippen LogP contribution in [0.5, 0.6) is 0 Å². The lowest BCUT2D eigenvalue weighted by Gasteiger charge is -2.61. The van der Waals surface area contributed by atoms with Crippen molar-refractivity contribution >= 4 is 11.6 Å². The van der Waals surface area contributed by atoms with Crippen LogP contribution in [0, 0.1) is 45.3 Å². The molecule has 0 aromatic carbocycles. The number of carbonyl (C=O) groups is 2. The van der Waals surface area contributed by atoms with E-state index in [0.29, 0.717) is 36.2 Å². The Labute approximate surface area is 202 Å². The van der Waals surface area contributed by atoms with Crippen molar-refractivity contribution in [2.75, 3.05) is 0 Å². The number of hydrogen-bond acceptors (Lipinski definition) is 3. The lowest BCUT2D eigenvalue weighted by atomic mass is 9.43. The monoisotopic (exact) mass is 456 g/mol. The van der Waals surface area contributed by atoms with Crippen molar-refractivity contribution in [2.24, 2.45) is 45.3 Å². The molecule has 7 atom stereocenters. The van der Waals surface area contributed by atoms with Gasteiger partial charge in [0.05, 0.1) is 6.10 Å². The number of ketones is 2. The van der Waals surface area contributed by atoms with Crippen molar-refractivity contribution in [1.82, 2.24) is 0 Å². The molecule has 186 valence electrons. The molecule has 3 nitrogen and oxygen atoms in total. The minimum Gasteiger partial charge on any atom is -0.393 e. The predicted octanol–water partition coefficient (Wildman–Crippen LogP) is 6.92. The number of aliphatic hydroxyl groups is 1. The highest BCUT2D eigenvalue weighted by Crippen LogP contribution is 2.71. The molecule has 0 spiro atoms. The van der Waals surface area contributed by atoms with Gasteiger partial charge in [0, 0.05) is 29.7 Å². The molecular formula is C30H48O3. The second kappa shape index (κ2) is 8.04. The first-order chi connectivity index (χ1) is 15.2. The topological polar surface area (TPSA) is 54.4 Å². The molecular weight excluding hydrogens is 408 g/mol. The second-order valence-corrected chi connectivity index (χ2v) is 13.9. The van der Waals surface area contributed by atoms with Gasteiger partial charge in [-0.2, -0.15) is 0 Å². The zero-order chi connectivity index (χ0) is 24.6. The van der Waals surface area contributed by atoms with E-state index in [1.807, 2.05) is 13.8 Å². The van der Waals surface area contributed by atoms with Crippen LogP contribution < -0.4 is 0 Å². The Hall–Kier alpha value is -0.960. The maximum Gasteiger partial charge on any atom is 0.159 e. The van der Waals surface area contributed by atoms with Crippen molar-refractivity contribution in [1.29, 1.82) is 0 Å². The number of allylic oxidation sites excluding steroid dienone is 2. The summed E-state index contributed by atoms with van der Waals surface area (Å²) in [4.78, 5) is 26.2. The average Bonchev–Trinajstić information content (AvgIpc) is 3.02. The zero-order valence-electron chi connectivity index (χ0n) is 22.5. The first-order valence-electron chi connectivity index (χ1n) is 13.7. The quantitative estimate of drug-likeness (QED) is 0.488. The Morgan fingerprint density at radius 2 is 1.70 bits per heavy atom. The van der Waals surface area contributed by atoms with E-state index in [0.717, 1.165) is 38.5 Å². The maximum absolute atomic E-state index is 13.9. The van der Waals surface area contributed by atoms with Crippen LogP contribution in [-0.2, 0) is 9.59 Å². The first-order valence-corrected chi connectivity index (χ1v) is 13.7. The molecule has 0 bridgehead atoms. The molecule has 1 N–H and O–H groups in total. The van der Waals surface area contributed by atoms with Gasteiger partial charge in [-0.3, -0.25) is 9.59 Å². The van der Waals surface area contributed by atoms with Crippen molar-refractivity contribution in [3.8, 4) is 0 Å². The van der Waals surface area contributed by atoms with Crippen molar-refractivity contribution < 1.29 is 14.7 Å². The third kappa shape index (κ3) is 3.46. The van der Waals surface area contributed by atoms with E-state index in [2.05, 4.69) is 41.5 Å². The third-order valence-corrected chi connectivity index (χ3v) is 11.8. The Kier molecular flexibility index (Phi) is 6.12. The van der Waals surface area contributed by atoms with E-state index >= 15 is 0 Å². The van der Waals surface area contributed by atoms with Gasteiger partial charge in [-0.25, -0.2) is 0 Å². The molecule has 33 heavy (non-hydrogen) atoms. The molecule has 0 heterocycles. The van der Waals surface area contributed by atoms with E-state index in [-0.39, 0.29) is 39.6 Å². The van der Waals surface area contributed by atoms with E-state index in [4.69, 9.17) is 0 Å². The van der Waals surface area contributed by atoms with Crippen molar-refractivity contribution in [3.63, 3.8) is 0 Å². The summed E-state index contributed by atoms with van der Waals surface area (Å²) in [6, 6.07) is 0. The summed E-state index contributed by atoms with van der Waals surface area (Å²) in [5.41, 5.74) is 2.51. The van der Waals surface area contributed by atoms with Gasteiger partial charge >= 0.3 is 0 Å². The molecule has 3 heteroatoms. The number of aliphatic hydroxyl groups excluding tert-OH is 1. The second-order valence-electron chi connectivity index (χ2n) is 13.9. The number of fused-ring (bicyclic) bond motifs is 4. The fraction of sp³-hybridized carbons (Fsp3) is 0.867. The summed E-state index contributed by atoms with van der Waals surface area (Å²) < 4.78 is 0. The Morgan fingerprint density at radius 1 is 1.03 bits per heavy atom. The summed E-state index contributed by atoms with van der Waals surface area (Å²) >= 11 is 0. The molecule has 0 saturated heterocycles. The fourth-order valence-corrected chi connectivity index (χ4v) is 9.16. The highest BCUT2D eigenvalue weighted by molar-refractivity contribution is 5.99. The standard InChI is InChI=1S/C30H48O3/c1-18(2)22(31)10-9-19(3)20-11-16-30(8)26-21(12-15-29(20,30)7)28(6)14-13-25(33)27(4,5)24(28)17-23(26)32/h18-20,24-25,33H,9-17H2,1-8H3/t19-,20-,24?,25+,28-,29-,30+/m1/s1. The molecule has 0 aromatic rings. The van der Waals surface area contributed by atoms with Gasteiger partial charge in [0.25, 0.3) is 0 Å². The summed E-state index contributed by atoms with van der Waals surface area (Å²) in [5.74, 6) is 2.17. The highest BCUT2D eigenvalue weighted by Gasteiger charge is 2.65. The number of Topliss-reactive ketones (excluding diaryl/α,β-unsaturated/α-hetero) is 2. The van der Waals surface area contributed by atoms with Crippen LogP contribution in [0.15, 0.2) is 11.1 Å². The number of carbonyl (C=O) groups excluding carboxylic acids is 2. The molecule has 2 fully saturated rings. The van der Waals surface area contributed by atoms with Crippen molar-refractivity contribution in [2.45, 2.75) is 119 Å². The van der Waals surface area contributed by atoms with Crippen molar-refractivity contribution in [3.05, 3.63) is 11.1 Å². The van der Waals surface area contributed by atoms with Gasteiger partial charge in [0.1, 0.15) is 5.78 Å². The van der Waals surface area contributed by atoms with Gasteiger partial charge in [-0.15, -0.1) is 0 Å². The van der Waals surface area contributed by atoms with E-state index in [1.165, 1.54) is 17.6 Å². The van der Waals surface area contributed by atoms with Crippen LogP contribution >= 0.6 is 0 Å². The predicted molar refractivity (Wildman–Crippen MR) is 134 cm³/mol. The molecule has 4 rings (SSSR count). The first kappa shape index (κ1) is 25.1. The van der Waals surface area contributed by atoms with E-state index in [9.17, 15) is 14.7 Å². The normalized spacial score (nSPS) is 43.2. The number of hydrogen-bond donors (Lipinski definition) is 1. The summed E-state index contributed by atoms with van der Waals surface area (Å²) in [7, 11) is 0. The maximum atomic E-state index is 13.9. The van der Waals surface area contributed by atoms with Gasteiger partial charge in [-0.05, 0) is 78.9 Å². The van der Waals surface area contributed by atoms with Gasteiger partial charge in [0.15, 0.2) is 5.78 Å². The summed E-state index contributed by atoms with van der Waals surface area (Å²) in [5, 5.41) is 10.8. The minimum atomic E-state index is -0.319. The van der Waals surface area contributed by atoms with Gasteiger partial charge < -0.3 is 5.11 Å². The van der Waals surface area contributed by atoms with Crippen LogP contribution in [0.1, 0.15) is 113 Å². The minimum absolute atomic E-state index is 0.0314.